The fourth-order valence-corrected chi connectivity index (χ4v) is 3.59. The molecular weight excluding hydrogens is 376 g/mol. The summed E-state index contributed by atoms with van der Waals surface area (Å²) < 4.78 is 7.14. The Hall–Kier alpha value is -3.67. The van der Waals surface area contributed by atoms with Gasteiger partial charge in [-0.3, -0.25) is 4.79 Å². The highest BCUT2D eigenvalue weighted by molar-refractivity contribution is 5.85. The topological polar surface area (TPSA) is 68.5 Å². The van der Waals surface area contributed by atoms with Crippen molar-refractivity contribution in [2.45, 2.75) is 19.3 Å². The Bertz CT molecular complexity index is 1230. The van der Waals surface area contributed by atoms with Crippen molar-refractivity contribution in [2.75, 3.05) is 12.4 Å². The molecule has 1 N–H and O–H groups in total. The summed E-state index contributed by atoms with van der Waals surface area (Å²) in [6, 6.07) is 19.8. The number of benzene rings is 2. The van der Waals surface area contributed by atoms with Gasteiger partial charge in [-0.1, -0.05) is 36.4 Å². The number of ether oxygens (including phenoxy) is 1. The highest BCUT2D eigenvalue weighted by Gasteiger charge is 2.29. The van der Waals surface area contributed by atoms with Crippen LogP contribution in [0.4, 0.5) is 11.6 Å². The summed E-state index contributed by atoms with van der Waals surface area (Å²) >= 11 is 0. The predicted molar refractivity (Wildman–Crippen MR) is 116 cm³/mol. The van der Waals surface area contributed by atoms with E-state index in [1.165, 1.54) is 0 Å². The molecule has 0 amide bonds. The van der Waals surface area contributed by atoms with Gasteiger partial charge in [0.05, 0.1) is 12.8 Å². The lowest BCUT2D eigenvalue weighted by molar-refractivity contribution is -0.119. The van der Waals surface area contributed by atoms with Crippen LogP contribution in [0, 0.1) is 5.92 Å². The molecule has 30 heavy (non-hydrogen) atoms. The summed E-state index contributed by atoms with van der Waals surface area (Å²) in [5.74, 6) is 1.87. The third-order valence-corrected chi connectivity index (χ3v) is 5.36. The number of pyridine rings is 1. The van der Waals surface area contributed by atoms with Crippen molar-refractivity contribution in [2.24, 2.45) is 5.92 Å². The van der Waals surface area contributed by atoms with Crippen molar-refractivity contribution < 1.29 is 9.53 Å². The second kappa shape index (κ2) is 7.63. The van der Waals surface area contributed by atoms with Crippen molar-refractivity contribution in [1.29, 1.82) is 0 Å². The zero-order valence-electron chi connectivity index (χ0n) is 16.7. The summed E-state index contributed by atoms with van der Waals surface area (Å²) in [5.41, 5.74) is 4.70. The Balaban J connectivity index is 1.40. The molecule has 1 aliphatic carbocycles. The minimum Gasteiger partial charge on any atom is -0.495 e. The average Bonchev–Trinajstić information content (AvgIpc) is 3.54. The minimum atomic E-state index is 0.286. The average molecular weight is 398 g/mol. The summed E-state index contributed by atoms with van der Waals surface area (Å²) in [4.78, 5) is 16.7. The highest BCUT2D eigenvalue weighted by atomic mass is 16.5. The molecule has 0 saturated heterocycles. The fourth-order valence-electron chi connectivity index (χ4n) is 3.59. The number of fused-ring (bicyclic) bond motifs is 1. The van der Waals surface area contributed by atoms with E-state index in [0.29, 0.717) is 18.2 Å². The van der Waals surface area contributed by atoms with Gasteiger partial charge in [-0.2, -0.15) is 4.98 Å². The number of carbonyl (C=O) groups is 1. The van der Waals surface area contributed by atoms with Gasteiger partial charge in [0.15, 0.2) is 5.65 Å². The van der Waals surface area contributed by atoms with Gasteiger partial charge >= 0.3 is 0 Å². The third-order valence-electron chi connectivity index (χ3n) is 5.36. The number of anilines is 2. The van der Waals surface area contributed by atoms with E-state index in [-0.39, 0.29) is 5.92 Å². The van der Waals surface area contributed by atoms with Crippen LogP contribution >= 0.6 is 0 Å². The molecule has 6 nitrogen and oxygen atoms in total. The molecule has 2 aromatic heterocycles. The molecule has 5 rings (SSSR count). The summed E-state index contributed by atoms with van der Waals surface area (Å²) in [5, 5.41) is 7.77. The van der Waals surface area contributed by atoms with E-state index in [0.717, 1.165) is 46.6 Å². The van der Waals surface area contributed by atoms with E-state index < -0.39 is 0 Å². The lowest BCUT2D eigenvalue weighted by Crippen LogP contribution is -2.04. The molecule has 0 aliphatic heterocycles. The van der Waals surface area contributed by atoms with Crippen LogP contribution in [0.1, 0.15) is 18.4 Å². The first kappa shape index (κ1) is 18.4. The van der Waals surface area contributed by atoms with Crippen molar-refractivity contribution in [1.82, 2.24) is 14.6 Å². The number of ketones is 1. The van der Waals surface area contributed by atoms with Crippen LogP contribution in [0.3, 0.4) is 0 Å². The SMILES string of the molecule is COc1ccccc1Nc1nc2ccc(-c3cccc(CC(=O)C4CC4)c3)cn2n1. The Morgan fingerprint density at radius 2 is 1.97 bits per heavy atom. The smallest absolute Gasteiger partial charge is 0.247 e. The summed E-state index contributed by atoms with van der Waals surface area (Å²) in [7, 11) is 1.64. The number of nitrogens with one attached hydrogen (secondary N) is 1. The van der Waals surface area contributed by atoms with Crippen LogP contribution < -0.4 is 10.1 Å². The van der Waals surface area contributed by atoms with E-state index in [9.17, 15) is 4.79 Å². The van der Waals surface area contributed by atoms with Crippen LogP contribution in [0.15, 0.2) is 66.9 Å². The van der Waals surface area contributed by atoms with Crippen LogP contribution in [0.2, 0.25) is 0 Å². The molecule has 0 atom stereocenters. The first-order chi connectivity index (χ1) is 14.7. The van der Waals surface area contributed by atoms with Gasteiger partial charge in [-0.25, -0.2) is 4.52 Å². The summed E-state index contributed by atoms with van der Waals surface area (Å²) in [6.45, 7) is 0. The van der Waals surface area contributed by atoms with Gasteiger partial charge in [-0.05, 0) is 48.2 Å². The predicted octanol–water partition coefficient (Wildman–Crippen LogP) is 4.67. The lowest BCUT2D eigenvalue weighted by atomic mass is 10.0. The number of hydrogen-bond donors (Lipinski definition) is 1. The number of carbonyl (C=O) groups excluding carboxylic acids is 1. The Morgan fingerprint density at radius 1 is 1.10 bits per heavy atom. The number of nitrogens with zero attached hydrogens (tertiary/aromatic N) is 3. The molecule has 2 heterocycles. The lowest BCUT2D eigenvalue weighted by Gasteiger charge is -2.07. The fraction of sp³-hybridized carbons (Fsp3) is 0.208. The normalized spacial score (nSPS) is 13.4. The third kappa shape index (κ3) is 3.76. The quantitative estimate of drug-likeness (QED) is 0.490. The maximum absolute atomic E-state index is 12.2. The minimum absolute atomic E-state index is 0.286. The number of Topliss-reactive ketones (excluding diaryl/α,β-unsaturated/α-hetero) is 1. The molecule has 1 aliphatic rings. The first-order valence-corrected chi connectivity index (χ1v) is 10.1. The molecule has 4 aromatic rings. The van der Waals surface area contributed by atoms with Crippen LogP contribution in [0.5, 0.6) is 5.75 Å². The second-order valence-corrected chi connectivity index (χ2v) is 7.60. The molecular formula is C24H22N4O2. The van der Waals surface area contributed by atoms with Gasteiger partial charge in [0.1, 0.15) is 11.5 Å². The number of aromatic nitrogens is 3. The summed E-state index contributed by atoms with van der Waals surface area (Å²) in [6.07, 6.45) is 4.56. The van der Waals surface area contributed by atoms with Crippen molar-refractivity contribution in [3.8, 4) is 16.9 Å². The van der Waals surface area contributed by atoms with E-state index in [1.54, 1.807) is 11.6 Å². The molecule has 1 saturated carbocycles. The number of hydrogen-bond acceptors (Lipinski definition) is 5. The van der Waals surface area contributed by atoms with Crippen LogP contribution in [-0.2, 0) is 11.2 Å². The second-order valence-electron chi connectivity index (χ2n) is 7.60. The van der Waals surface area contributed by atoms with Gasteiger partial charge in [-0.15, -0.1) is 5.10 Å². The molecule has 1 fully saturated rings. The highest BCUT2D eigenvalue weighted by Crippen LogP contribution is 2.31. The molecule has 2 aromatic carbocycles. The Labute approximate surface area is 174 Å². The first-order valence-electron chi connectivity index (χ1n) is 10.1. The van der Waals surface area contributed by atoms with Crippen molar-refractivity contribution in [3.63, 3.8) is 0 Å². The van der Waals surface area contributed by atoms with E-state index >= 15 is 0 Å². The Kier molecular flexibility index (Phi) is 4.67. The maximum Gasteiger partial charge on any atom is 0.247 e. The maximum atomic E-state index is 12.2. The van der Waals surface area contributed by atoms with Gasteiger partial charge in [0.25, 0.3) is 0 Å². The molecule has 0 spiro atoms. The molecule has 0 radical (unpaired) electrons. The van der Waals surface area contributed by atoms with Crippen LogP contribution in [0.25, 0.3) is 16.8 Å². The zero-order chi connectivity index (χ0) is 20.5. The molecule has 6 heteroatoms. The molecule has 150 valence electrons. The van der Waals surface area contributed by atoms with E-state index in [4.69, 9.17) is 4.74 Å². The number of para-hydroxylation sites is 2. The number of rotatable bonds is 7. The molecule has 0 bridgehead atoms. The largest absolute Gasteiger partial charge is 0.495 e. The van der Waals surface area contributed by atoms with Crippen LogP contribution in [-0.4, -0.2) is 27.5 Å². The zero-order valence-corrected chi connectivity index (χ0v) is 16.7. The van der Waals surface area contributed by atoms with Gasteiger partial charge in [0.2, 0.25) is 5.95 Å². The van der Waals surface area contributed by atoms with E-state index in [1.807, 2.05) is 54.7 Å². The standard InChI is InChI=1S/C24H22N4O2/c1-30-22-8-3-2-7-20(22)25-24-26-23-12-11-19(15-28(23)27-24)18-6-4-5-16(13-18)14-21(29)17-9-10-17/h2-8,11-13,15,17H,9-10,14H2,1H3,(H,25,27). The number of methoxy groups -OCH3 is 1. The van der Waals surface area contributed by atoms with E-state index in [2.05, 4.69) is 27.5 Å². The Morgan fingerprint density at radius 3 is 2.80 bits per heavy atom. The van der Waals surface area contributed by atoms with Gasteiger partial charge in [0, 0.05) is 24.1 Å². The van der Waals surface area contributed by atoms with Gasteiger partial charge < -0.3 is 10.1 Å². The monoisotopic (exact) mass is 398 g/mol. The van der Waals surface area contributed by atoms with Crippen molar-refractivity contribution in [3.05, 3.63) is 72.4 Å². The molecule has 0 unspecified atom stereocenters. The van der Waals surface area contributed by atoms with Crippen molar-refractivity contribution >= 4 is 23.1 Å².